The molecule has 1 amide bonds. The lowest BCUT2D eigenvalue weighted by atomic mass is 10.1. The molecule has 98 valence electrons. The van der Waals surface area contributed by atoms with E-state index in [4.69, 9.17) is 0 Å². The Kier molecular flexibility index (Phi) is 2.35. The average molecular weight is 256 g/mol. The zero-order chi connectivity index (χ0) is 12.8. The molecule has 2 bridgehead atoms. The van der Waals surface area contributed by atoms with Gasteiger partial charge in [-0.3, -0.25) is 4.79 Å². The molecule has 5 heteroatoms. The van der Waals surface area contributed by atoms with Crippen molar-refractivity contribution in [1.82, 2.24) is 20.0 Å². The number of rotatable bonds is 2. The van der Waals surface area contributed by atoms with E-state index in [1.54, 1.807) is 6.20 Å². The molecule has 1 saturated carbocycles. The normalized spacial score (nSPS) is 28.9. The van der Waals surface area contributed by atoms with Crippen LogP contribution in [-0.4, -0.2) is 33.9 Å². The lowest BCUT2D eigenvalue weighted by Crippen LogP contribution is -2.47. The predicted octanol–water partition coefficient (Wildman–Crippen LogP) is 0.814. The molecule has 2 aromatic rings. The van der Waals surface area contributed by atoms with Crippen LogP contribution in [0.25, 0.3) is 5.65 Å². The van der Waals surface area contributed by atoms with E-state index < -0.39 is 0 Å². The number of nitrogens with one attached hydrogen (secondary N) is 2. The van der Waals surface area contributed by atoms with Crippen molar-refractivity contribution in [2.45, 2.75) is 24.9 Å². The molecule has 2 aromatic heterocycles. The first kappa shape index (κ1) is 11.0. The molecule has 3 heterocycles. The van der Waals surface area contributed by atoms with Crippen molar-refractivity contribution in [3.8, 4) is 0 Å². The first-order valence-corrected chi connectivity index (χ1v) is 6.76. The molecule has 1 aliphatic carbocycles. The Balaban J connectivity index is 1.53. The summed E-state index contributed by atoms with van der Waals surface area (Å²) in [5, 5.41) is 6.60. The second kappa shape index (κ2) is 4.06. The van der Waals surface area contributed by atoms with E-state index in [9.17, 15) is 4.79 Å². The molecule has 19 heavy (non-hydrogen) atoms. The number of carbonyl (C=O) groups is 1. The number of fused-ring (bicyclic) bond motifs is 3. The van der Waals surface area contributed by atoms with Gasteiger partial charge in [0.15, 0.2) is 0 Å². The van der Waals surface area contributed by atoms with Crippen molar-refractivity contribution in [3.05, 3.63) is 36.3 Å². The molecule has 1 aliphatic heterocycles. The summed E-state index contributed by atoms with van der Waals surface area (Å²) in [7, 11) is 0. The van der Waals surface area contributed by atoms with Crippen molar-refractivity contribution >= 4 is 11.6 Å². The Morgan fingerprint density at radius 1 is 1.42 bits per heavy atom. The summed E-state index contributed by atoms with van der Waals surface area (Å²) in [5.41, 5.74) is 1.49. The number of imidazole rings is 1. The van der Waals surface area contributed by atoms with Gasteiger partial charge in [-0.1, -0.05) is 0 Å². The van der Waals surface area contributed by atoms with Gasteiger partial charge in [0.2, 0.25) is 0 Å². The van der Waals surface area contributed by atoms with E-state index in [1.165, 1.54) is 6.42 Å². The SMILES string of the molecule is O=C(N[C@@H]1C[C@@H]2CN[C@@H]1C2)c1ccn2ccnc2c1. The number of amides is 1. The summed E-state index contributed by atoms with van der Waals surface area (Å²) in [5.74, 6) is 0.745. The first-order valence-electron chi connectivity index (χ1n) is 6.76. The third-order valence-corrected chi connectivity index (χ3v) is 4.31. The lowest BCUT2D eigenvalue weighted by Gasteiger charge is -2.23. The van der Waals surface area contributed by atoms with E-state index in [1.807, 2.05) is 28.9 Å². The molecule has 4 rings (SSSR count). The molecule has 2 aliphatic rings. The van der Waals surface area contributed by atoms with E-state index in [0.29, 0.717) is 11.6 Å². The fourth-order valence-corrected chi connectivity index (χ4v) is 3.32. The first-order chi connectivity index (χ1) is 9.29. The number of nitrogens with zero attached hydrogens (tertiary/aromatic N) is 2. The van der Waals surface area contributed by atoms with Gasteiger partial charge in [-0.2, -0.15) is 0 Å². The van der Waals surface area contributed by atoms with Gasteiger partial charge in [-0.25, -0.2) is 4.98 Å². The Morgan fingerprint density at radius 2 is 2.37 bits per heavy atom. The molecule has 5 nitrogen and oxygen atoms in total. The Bertz CT molecular complexity index is 635. The third-order valence-electron chi connectivity index (χ3n) is 4.31. The van der Waals surface area contributed by atoms with Crippen LogP contribution in [0.4, 0.5) is 0 Å². The van der Waals surface area contributed by atoms with Crippen LogP contribution in [0.3, 0.4) is 0 Å². The fraction of sp³-hybridized carbons (Fsp3) is 0.429. The van der Waals surface area contributed by atoms with Crippen LogP contribution in [0.5, 0.6) is 0 Å². The van der Waals surface area contributed by atoms with Crippen LogP contribution in [0.1, 0.15) is 23.2 Å². The van der Waals surface area contributed by atoms with E-state index in [0.717, 1.165) is 24.5 Å². The lowest BCUT2D eigenvalue weighted by molar-refractivity contribution is 0.0928. The van der Waals surface area contributed by atoms with E-state index in [2.05, 4.69) is 15.6 Å². The van der Waals surface area contributed by atoms with Gasteiger partial charge in [0.1, 0.15) is 5.65 Å². The standard InChI is InChI=1S/C14H16N4O/c19-14(17-12-6-9-5-11(12)16-8-9)10-1-3-18-4-2-15-13(18)7-10/h1-4,7,9,11-12,16H,5-6,8H2,(H,17,19)/t9-,11-,12-/m1/s1. The minimum absolute atomic E-state index is 0.00449. The second-order valence-corrected chi connectivity index (χ2v) is 5.54. The highest BCUT2D eigenvalue weighted by molar-refractivity contribution is 5.95. The highest BCUT2D eigenvalue weighted by Crippen LogP contribution is 2.31. The number of pyridine rings is 1. The maximum absolute atomic E-state index is 12.3. The summed E-state index contributed by atoms with van der Waals surface area (Å²) >= 11 is 0. The summed E-state index contributed by atoms with van der Waals surface area (Å²) in [6.07, 6.45) is 7.78. The van der Waals surface area contributed by atoms with Gasteiger partial charge in [0.05, 0.1) is 0 Å². The van der Waals surface area contributed by atoms with Crippen molar-refractivity contribution in [1.29, 1.82) is 0 Å². The maximum atomic E-state index is 12.3. The van der Waals surface area contributed by atoms with Crippen LogP contribution in [0.15, 0.2) is 30.7 Å². The van der Waals surface area contributed by atoms with Crippen LogP contribution in [0, 0.1) is 5.92 Å². The van der Waals surface area contributed by atoms with Crippen molar-refractivity contribution < 1.29 is 4.79 Å². The largest absolute Gasteiger partial charge is 0.348 e. The van der Waals surface area contributed by atoms with Crippen LogP contribution < -0.4 is 10.6 Å². The molecule has 0 unspecified atom stereocenters. The molecule has 1 saturated heterocycles. The Morgan fingerprint density at radius 3 is 3.16 bits per heavy atom. The molecule has 0 aromatic carbocycles. The Labute approximate surface area is 111 Å². The fourth-order valence-electron chi connectivity index (χ4n) is 3.32. The zero-order valence-electron chi connectivity index (χ0n) is 10.5. The van der Waals surface area contributed by atoms with Crippen LogP contribution >= 0.6 is 0 Å². The highest BCUT2D eigenvalue weighted by Gasteiger charge is 2.39. The number of carbonyl (C=O) groups excluding carboxylic acids is 1. The summed E-state index contributed by atoms with van der Waals surface area (Å²) in [6, 6.07) is 4.41. The highest BCUT2D eigenvalue weighted by atomic mass is 16.1. The minimum Gasteiger partial charge on any atom is -0.348 e. The van der Waals surface area contributed by atoms with Gasteiger partial charge in [0.25, 0.3) is 5.91 Å². The topological polar surface area (TPSA) is 58.4 Å². The van der Waals surface area contributed by atoms with Crippen LogP contribution in [0.2, 0.25) is 0 Å². The monoisotopic (exact) mass is 256 g/mol. The summed E-state index contributed by atoms with van der Waals surface area (Å²) in [6.45, 7) is 1.11. The third kappa shape index (κ3) is 1.81. The van der Waals surface area contributed by atoms with Gasteiger partial charge in [-0.15, -0.1) is 0 Å². The molecule has 3 atom stereocenters. The van der Waals surface area contributed by atoms with E-state index >= 15 is 0 Å². The molecule has 2 fully saturated rings. The van der Waals surface area contributed by atoms with E-state index in [-0.39, 0.29) is 11.9 Å². The molecule has 0 radical (unpaired) electrons. The average Bonchev–Trinajstić information content (AvgIpc) is 3.13. The van der Waals surface area contributed by atoms with Gasteiger partial charge in [0, 0.05) is 36.2 Å². The maximum Gasteiger partial charge on any atom is 0.251 e. The molecular formula is C14H16N4O. The number of hydrogen-bond donors (Lipinski definition) is 2. The van der Waals surface area contributed by atoms with Crippen molar-refractivity contribution in [3.63, 3.8) is 0 Å². The van der Waals surface area contributed by atoms with Crippen molar-refractivity contribution in [2.75, 3.05) is 6.54 Å². The number of aromatic nitrogens is 2. The number of hydrogen-bond acceptors (Lipinski definition) is 3. The van der Waals surface area contributed by atoms with Gasteiger partial charge >= 0.3 is 0 Å². The second-order valence-electron chi connectivity index (χ2n) is 5.54. The van der Waals surface area contributed by atoms with Crippen LogP contribution in [-0.2, 0) is 0 Å². The van der Waals surface area contributed by atoms with Crippen molar-refractivity contribution in [2.24, 2.45) is 5.92 Å². The predicted molar refractivity (Wildman–Crippen MR) is 71.0 cm³/mol. The number of piperidine rings is 1. The van der Waals surface area contributed by atoms with Gasteiger partial charge in [-0.05, 0) is 37.4 Å². The quantitative estimate of drug-likeness (QED) is 0.836. The molecule has 2 N–H and O–H groups in total. The Hall–Kier alpha value is -1.88. The molecule has 0 spiro atoms. The summed E-state index contributed by atoms with van der Waals surface area (Å²) in [4.78, 5) is 16.5. The minimum atomic E-state index is 0.00449. The summed E-state index contributed by atoms with van der Waals surface area (Å²) < 4.78 is 1.90. The molecular weight excluding hydrogens is 240 g/mol. The zero-order valence-corrected chi connectivity index (χ0v) is 10.5. The van der Waals surface area contributed by atoms with Gasteiger partial charge < -0.3 is 15.0 Å². The smallest absolute Gasteiger partial charge is 0.251 e.